The first-order valence-corrected chi connectivity index (χ1v) is 7.63. The molecule has 1 unspecified atom stereocenters. The molecule has 110 valence electrons. The Hall–Kier alpha value is -1.67. The van der Waals surface area contributed by atoms with Gasteiger partial charge in [0.1, 0.15) is 0 Å². The first-order valence-electron chi connectivity index (χ1n) is 7.63. The zero-order chi connectivity index (χ0) is 15.4. The molecule has 2 aliphatic carbocycles. The van der Waals surface area contributed by atoms with Crippen molar-refractivity contribution in [2.75, 3.05) is 0 Å². The van der Waals surface area contributed by atoms with Crippen LogP contribution in [0.4, 0.5) is 0 Å². The fourth-order valence-corrected chi connectivity index (χ4v) is 3.64. The summed E-state index contributed by atoms with van der Waals surface area (Å²) >= 11 is 0. The van der Waals surface area contributed by atoms with Crippen molar-refractivity contribution in [3.8, 4) is 0 Å². The number of carbonyl (C=O) groups excluding carboxylic acids is 1. The number of carbonyl (C=O) groups is 1. The van der Waals surface area contributed by atoms with Crippen molar-refractivity contribution in [3.63, 3.8) is 0 Å². The van der Waals surface area contributed by atoms with Gasteiger partial charge in [-0.05, 0) is 48.4 Å². The average Bonchev–Trinajstić information content (AvgIpc) is 2.55. The lowest BCUT2D eigenvalue weighted by Gasteiger charge is -2.35. The molecule has 0 bridgehead atoms. The molecule has 0 amide bonds. The predicted octanol–water partition coefficient (Wildman–Crippen LogP) is 3.70. The highest BCUT2D eigenvalue weighted by Crippen LogP contribution is 2.45. The maximum atomic E-state index is 12.9. The van der Waals surface area contributed by atoms with E-state index in [0.29, 0.717) is 6.42 Å². The van der Waals surface area contributed by atoms with Crippen LogP contribution >= 0.6 is 0 Å². The summed E-state index contributed by atoms with van der Waals surface area (Å²) in [6.07, 6.45) is 4.01. The van der Waals surface area contributed by atoms with Crippen molar-refractivity contribution >= 4 is 11.9 Å². The van der Waals surface area contributed by atoms with Crippen LogP contribution in [-0.2, 0) is 16.8 Å². The second-order valence-electron chi connectivity index (χ2n) is 6.70. The molecule has 1 N–H and O–H groups in total. The Morgan fingerprint density at radius 2 is 2.00 bits per heavy atom. The van der Waals surface area contributed by atoms with Gasteiger partial charge in [0.05, 0.1) is 0 Å². The fraction of sp³-hybridized carbons (Fsp3) is 0.421. The molecular formula is C19H22O2. The molecule has 0 radical (unpaired) electrons. The zero-order valence-corrected chi connectivity index (χ0v) is 13.0. The van der Waals surface area contributed by atoms with Gasteiger partial charge in [-0.2, -0.15) is 0 Å². The van der Waals surface area contributed by atoms with E-state index in [2.05, 4.69) is 19.6 Å². The minimum atomic E-state index is -1.42. The zero-order valence-electron chi connectivity index (χ0n) is 13.0. The molecular weight excluding hydrogens is 260 g/mol. The number of hydrogen-bond acceptors (Lipinski definition) is 2. The van der Waals surface area contributed by atoms with Gasteiger partial charge in [-0.25, -0.2) is 0 Å². The Kier molecular flexibility index (Phi) is 3.18. The number of hydrogen-bond donors (Lipinski definition) is 1. The normalized spacial score (nSPS) is 24.7. The predicted molar refractivity (Wildman–Crippen MR) is 85.0 cm³/mol. The second-order valence-corrected chi connectivity index (χ2v) is 6.70. The van der Waals surface area contributed by atoms with Gasteiger partial charge >= 0.3 is 0 Å². The molecule has 0 aliphatic heterocycles. The van der Waals surface area contributed by atoms with Crippen molar-refractivity contribution in [1.29, 1.82) is 0 Å². The lowest BCUT2D eigenvalue weighted by Crippen LogP contribution is -2.41. The van der Waals surface area contributed by atoms with E-state index in [1.165, 1.54) is 0 Å². The van der Waals surface area contributed by atoms with Gasteiger partial charge in [0, 0.05) is 17.6 Å². The summed E-state index contributed by atoms with van der Waals surface area (Å²) < 4.78 is 0. The number of Topliss-reactive ketones (excluding diaryl/α,β-unsaturated/α-hetero) is 1. The summed E-state index contributed by atoms with van der Waals surface area (Å²) in [5.74, 6) is -0.0316. The number of benzene rings is 1. The van der Waals surface area contributed by atoms with Crippen LogP contribution in [0.1, 0.15) is 48.9 Å². The molecule has 2 nitrogen and oxygen atoms in total. The highest BCUT2D eigenvalue weighted by Gasteiger charge is 2.46. The van der Waals surface area contributed by atoms with Gasteiger partial charge in [-0.3, -0.25) is 4.79 Å². The topological polar surface area (TPSA) is 37.3 Å². The van der Waals surface area contributed by atoms with Gasteiger partial charge in [-0.15, -0.1) is 0 Å². The summed E-state index contributed by atoms with van der Waals surface area (Å²) in [5.41, 5.74) is 4.36. The molecule has 0 saturated carbocycles. The van der Waals surface area contributed by atoms with Crippen LogP contribution in [-0.4, -0.2) is 10.9 Å². The van der Waals surface area contributed by atoms with Crippen molar-refractivity contribution < 1.29 is 9.90 Å². The van der Waals surface area contributed by atoms with E-state index in [4.69, 9.17) is 0 Å². The van der Waals surface area contributed by atoms with E-state index in [1.807, 2.05) is 26.0 Å². The lowest BCUT2D eigenvalue weighted by atomic mass is 9.71. The Morgan fingerprint density at radius 1 is 1.29 bits per heavy atom. The largest absolute Gasteiger partial charge is 0.377 e. The Morgan fingerprint density at radius 3 is 2.67 bits per heavy atom. The lowest BCUT2D eigenvalue weighted by molar-refractivity contribution is -0.134. The van der Waals surface area contributed by atoms with Crippen molar-refractivity contribution in [2.24, 2.45) is 5.92 Å². The molecule has 0 heterocycles. The highest BCUT2D eigenvalue weighted by molar-refractivity contribution is 6.09. The van der Waals surface area contributed by atoms with Crippen LogP contribution in [0.5, 0.6) is 0 Å². The third-order valence-corrected chi connectivity index (χ3v) is 4.80. The van der Waals surface area contributed by atoms with Crippen LogP contribution in [0, 0.1) is 12.8 Å². The number of aryl methyl sites for hydroxylation is 1. The molecule has 2 aliphatic rings. The second kappa shape index (κ2) is 4.67. The molecule has 1 atom stereocenters. The van der Waals surface area contributed by atoms with Crippen molar-refractivity contribution in [3.05, 3.63) is 52.1 Å². The molecule has 1 aromatic carbocycles. The van der Waals surface area contributed by atoms with Crippen LogP contribution in [0.3, 0.4) is 0 Å². The highest BCUT2D eigenvalue weighted by atomic mass is 16.3. The van der Waals surface area contributed by atoms with Crippen molar-refractivity contribution in [1.82, 2.24) is 0 Å². The number of ketones is 1. The monoisotopic (exact) mass is 282 g/mol. The summed E-state index contributed by atoms with van der Waals surface area (Å²) in [6, 6.07) is 4.12. The van der Waals surface area contributed by atoms with Gasteiger partial charge in [0.25, 0.3) is 0 Å². The summed E-state index contributed by atoms with van der Waals surface area (Å²) in [6.45, 7) is 10.1. The maximum Gasteiger partial charge on any atom is 0.195 e. The first-order chi connectivity index (χ1) is 9.84. The third kappa shape index (κ3) is 2.01. The van der Waals surface area contributed by atoms with Crippen molar-refractivity contribution in [2.45, 2.75) is 45.6 Å². The van der Waals surface area contributed by atoms with E-state index in [-0.39, 0.29) is 11.7 Å². The Balaban J connectivity index is 2.35. The van der Waals surface area contributed by atoms with E-state index in [1.54, 1.807) is 0 Å². The summed E-state index contributed by atoms with van der Waals surface area (Å²) in [4.78, 5) is 12.9. The molecule has 0 spiro atoms. The van der Waals surface area contributed by atoms with Gasteiger partial charge in [0.2, 0.25) is 0 Å². The Labute approximate surface area is 126 Å². The van der Waals surface area contributed by atoms with E-state index < -0.39 is 5.60 Å². The summed E-state index contributed by atoms with van der Waals surface area (Å²) in [7, 11) is 0. The van der Waals surface area contributed by atoms with Crippen LogP contribution < -0.4 is 0 Å². The van der Waals surface area contributed by atoms with Gasteiger partial charge in [-0.1, -0.05) is 38.1 Å². The van der Waals surface area contributed by atoms with Crippen LogP contribution in [0.15, 0.2) is 29.9 Å². The van der Waals surface area contributed by atoms with E-state index in [9.17, 15) is 9.90 Å². The number of aliphatic hydroxyl groups is 1. The van der Waals surface area contributed by atoms with Crippen LogP contribution in [0.2, 0.25) is 0 Å². The first kappa shape index (κ1) is 14.3. The smallest absolute Gasteiger partial charge is 0.195 e. The standard InChI is InChI=1S/C19H22O2/c1-11(2)16-9-14-7-6-13(4)15-8-5-12(3)10-19(21,17(14)15)18(16)20/h6-7,9,11,21H,3,5,8,10H2,1-2,4H3. The Bertz CT molecular complexity index is 679. The molecule has 0 saturated heterocycles. The quantitative estimate of drug-likeness (QED) is 0.797. The fourth-order valence-electron chi connectivity index (χ4n) is 3.64. The number of rotatable bonds is 1. The SMILES string of the molecule is C=C1CCc2c(C)ccc3c2C(O)(C1)C(=O)C(C(C)C)=C3. The molecule has 1 aromatic rings. The maximum absolute atomic E-state index is 12.9. The van der Waals surface area contributed by atoms with E-state index >= 15 is 0 Å². The summed E-state index contributed by atoms with van der Waals surface area (Å²) in [5, 5.41) is 11.3. The minimum Gasteiger partial charge on any atom is -0.377 e. The molecule has 2 heteroatoms. The minimum absolute atomic E-state index is 0.107. The van der Waals surface area contributed by atoms with Gasteiger partial charge in [0.15, 0.2) is 11.4 Å². The van der Waals surface area contributed by atoms with Gasteiger partial charge < -0.3 is 5.11 Å². The van der Waals surface area contributed by atoms with Crippen LogP contribution in [0.25, 0.3) is 6.08 Å². The average molecular weight is 282 g/mol. The van der Waals surface area contributed by atoms with E-state index in [0.717, 1.165) is 46.2 Å². The molecule has 0 fully saturated rings. The third-order valence-electron chi connectivity index (χ3n) is 4.80. The molecule has 21 heavy (non-hydrogen) atoms. The molecule has 3 rings (SSSR count). The molecule has 0 aromatic heterocycles.